The molecule has 108 valence electrons. The SMILES string of the molecule is CCCC1(C(=O)O)CCCN1C(=O)NC1(C)CCC1. The van der Waals surface area contributed by atoms with Crippen LogP contribution < -0.4 is 5.32 Å². The Bertz CT molecular complexity index is 379. The Balaban J connectivity index is 2.12. The molecule has 1 aliphatic carbocycles. The van der Waals surface area contributed by atoms with Crippen LogP contribution in [0.15, 0.2) is 0 Å². The normalized spacial score (nSPS) is 28.8. The molecule has 5 nitrogen and oxygen atoms in total. The Morgan fingerprint density at radius 2 is 1.95 bits per heavy atom. The van der Waals surface area contributed by atoms with E-state index in [1.807, 2.05) is 13.8 Å². The number of rotatable bonds is 4. The number of nitrogens with zero attached hydrogens (tertiary/aromatic N) is 1. The second-order valence-corrected chi connectivity index (χ2v) is 6.19. The number of aliphatic carboxylic acids is 1. The van der Waals surface area contributed by atoms with Gasteiger partial charge in [0.2, 0.25) is 0 Å². The highest BCUT2D eigenvalue weighted by atomic mass is 16.4. The van der Waals surface area contributed by atoms with Gasteiger partial charge in [-0.2, -0.15) is 0 Å². The third-order valence-electron chi connectivity index (χ3n) is 4.66. The molecular weight excluding hydrogens is 244 g/mol. The first kappa shape index (κ1) is 14.2. The first-order chi connectivity index (χ1) is 8.93. The molecule has 1 aliphatic heterocycles. The molecule has 0 aromatic rings. The van der Waals surface area contributed by atoms with Crippen molar-refractivity contribution < 1.29 is 14.7 Å². The highest BCUT2D eigenvalue weighted by molar-refractivity contribution is 5.87. The number of amides is 2. The maximum Gasteiger partial charge on any atom is 0.329 e. The van der Waals surface area contributed by atoms with Crippen molar-refractivity contribution in [1.82, 2.24) is 10.2 Å². The Hall–Kier alpha value is -1.26. The van der Waals surface area contributed by atoms with Crippen LogP contribution >= 0.6 is 0 Å². The Morgan fingerprint density at radius 3 is 2.42 bits per heavy atom. The quantitative estimate of drug-likeness (QED) is 0.822. The topological polar surface area (TPSA) is 69.6 Å². The minimum absolute atomic E-state index is 0.129. The van der Waals surface area contributed by atoms with E-state index < -0.39 is 11.5 Å². The van der Waals surface area contributed by atoms with Crippen molar-refractivity contribution in [3.63, 3.8) is 0 Å². The number of carboxylic acid groups (broad SMARTS) is 1. The van der Waals surface area contributed by atoms with Crippen molar-refractivity contribution in [3.8, 4) is 0 Å². The molecule has 2 amide bonds. The monoisotopic (exact) mass is 268 g/mol. The van der Waals surface area contributed by atoms with Gasteiger partial charge in [-0.15, -0.1) is 0 Å². The molecular formula is C14H24N2O3. The first-order valence-electron chi connectivity index (χ1n) is 7.27. The minimum Gasteiger partial charge on any atom is -0.479 e. The lowest BCUT2D eigenvalue weighted by atomic mass is 9.78. The van der Waals surface area contributed by atoms with Crippen LogP contribution in [0.4, 0.5) is 4.79 Å². The number of hydrogen-bond acceptors (Lipinski definition) is 2. The highest BCUT2D eigenvalue weighted by Crippen LogP contribution is 2.36. The molecule has 2 fully saturated rings. The summed E-state index contributed by atoms with van der Waals surface area (Å²) < 4.78 is 0. The number of hydrogen-bond donors (Lipinski definition) is 2. The standard InChI is InChI=1S/C14H24N2O3/c1-3-6-14(11(17)18)9-5-10-16(14)12(19)15-13(2)7-4-8-13/h3-10H2,1-2H3,(H,15,19)(H,17,18). The summed E-state index contributed by atoms with van der Waals surface area (Å²) in [6.07, 6.45) is 5.76. The molecule has 2 rings (SSSR count). The molecule has 0 aromatic carbocycles. The van der Waals surface area contributed by atoms with Crippen LogP contribution in [0.1, 0.15) is 58.8 Å². The fourth-order valence-electron chi connectivity index (χ4n) is 3.34. The largest absolute Gasteiger partial charge is 0.479 e. The lowest BCUT2D eigenvalue weighted by Gasteiger charge is -2.42. The molecule has 2 N–H and O–H groups in total. The second-order valence-electron chi connectivity index (χ2n) is 6.19. The third kappa shape index (κ3) is 2.42. The zero-order valence-electron chi connectivity index (χ0n) is 11.9. The summed E-state index contributed by atoms with van der Waals surface area (Å²) in [5, 5.41) is 12.6. The fourth-order valence-corrected chi connectivity index (χ4v) is 3.34. The molecule has 1 heterocycles. The van der Waals surface area contributed by atoms with E-state index in [1.165, 1.54) is 0 Å². The van der Waals surface area contributed by atoms with E-state index >= 15 is 0 Å². The van der Waals surface area contributed by atoms with Gasteiger partial charge in [0.05, 0.1) is 0 Å². The van der Waals surface area contributed by atoms with Gasteiger partial charge < -0.3 is 15.3 Å². The van der Waals surface area contributed by atoms with Crippen molar-refractivity contribution in [1.29, 1.82) is 0 Å². The van der Waals surface area contributed by atoms with Gasteiger partial charge in [0.25, 0.3) is 0 Å². The molecule has 2 aliphatic rings. The van der Waals surface area contributed by atoms with Crippen LogP contribution in [0, 0.1) is 0 Å². The van der Waals surface area contributed by atoms with Crippen LogP contribution in [0.5, 0.6) is 0 Å². The molecule has 0 spiro atoms. The second kappa shape index (κ2) is 5.02. The number of likely N-dealkylation sites (tertiary alicyclic amines) is 1. The van der Waals surface area contributed by atoms with Crippen molar-refractivity contribution >= 4 is 12.0 Å². The van der Waals surface area contributed by atoms with E-state index in [2.05, 4.69) is 5.32 Å². The van der Waals surface area contributed by atoms with Crippen molar-refractivity contribution in [2.24, 2.45) is 0 Å². The summed E-state index contributed by atoms with van der Waals surface area (Å²) in [6, 6.07) is -0.199. The molecule has 0 aromatic heterocycles. The predicted molar refractivity (Wildman–Crippen MR) is 72.0 cm³/mol. The lowest BCUT2D eigenvalue weighted by Crippen LogP contribution is -2.61. The van der Waals surface area contributed by atoms with Crippen LogP contribution in [0.25, 0.3) is 0 Å². The lowest BCUT2D eigenvalue weighted by molar-refractivity contribution is -0.148. The molecule has 1 saturated carbocycles. The van der Waals surface area contributed by atoms with Crippen LogP contribution in [0.3, 0.4) is 0 Å². The van der Waals surface area contributed by atoms with Gasteiger partial charge >= 0.3 is 12.0 Å². The van der Waals surface area contributed by atoms with Crippen LogP contribution in [-0.4, -0.2) is 39.6 Å². The average Bonchev–Trinajstić information content (AvgIpc) is 2.72. The molecule has 1 atom stereocenters. The first-order valence-corrected chi connectivity index (χ1v) is 7.27. The van der Waals surface area contributed by atoms with Crippen molar-refractivity contribution in [2.75, 3.05) is 6.54 Å². The Morgan fingerprint density at radius 1 is 1.26 bits per heavy atom. The number of carboxylic acids is 1. The van der Waals surface area contributed by atoms with Gasteiger partial charge in [0, 0.05) is 12.1 Å². The third-order valence-corrected chi connectivity index (χ3v) is 4.66. The molecule has 19 heavy (non-hydrogen) atoms. The zero-order chi connectivity index (χ0) is 14.1. The van der Waals surface area contributed by atoms with Gasteiger partial charge in [-0.25, -0.2) is 9.59 Å². The number of nitrogens with one attached hydrogen (secondary N) is 1. The number of urea groups is 1. The van der Waals surface area contributed by atoms with Gasteiger partial charge in [-0.05, 0) is 45.4 Å². The Labute approximate surface area is 114 Å². The van der Waals surface area contributed by atoms with E-state index in [0.717, 1.165) is 32.1 Å². The van der Waals surface area contributed by atoms with Crippen molar-refractivity contribution in [2.45, 2.75) is 69.9 Å². The maximum atomic E-state index is 12.4. The fraction of sp³-hybridized carbons (Fsp3) is 0.857. The van der Waals surface area contributed by atoms with Gasteiger partial charge in [-0.1, -0.05) is 13.3 Å². The van der Waals surface area contributed by atoms with Crippen LogP contribution in [-0.2, 0) is 4.79 Å². The summed E-state index contributed by atoms with van der Waals surface area (Å²) in [6.45, 7) is 4.55. The summed E-state index contributed by atoms with van der Waals surface area (Å²) in [5.41, 5.74) is -1.12. The average molecular weight is 268 g/mol. The molecule has 0 bridgehead atoms. The zero-order valence-corrected chi connectivity index (χ0v) is 11.9. The van der Waals surface area contributed by atoms with Gasteiger partial charge in [-0.3, -0.25) is 0 Å². The smallest absolute Gasteiger partial charge is 0.329 e. The summed E-state index contributed by atoms with van der Waals surface area (Å²) >= 11 is 0. The summed E-state index contributed by atoms with van der Waals surface area (Å²) in [4.78, 5) is 25.6. The summed E-state index contributed by atoms with van der Waals surface area (Å²) in [7, 11) is 0. The van der Waals surface area contributed by atoms with E-state index in [0.29, 0.717) is 19.4 Å². The number of carbonyl (C=O) groups excluding carboxylic acids is 1. The Kier molecular flexibility index (Phi) is 3.74. The maximum absolute atomic E-state index is 12.4. The van der Waals surface area contributed by atoms with Crippen LogP contribution in [0.2, 0.25) is 0 Å². The molecule has 5 heteroatoms. The molecule has 1 unspecified atom stereocenters. The predicted octanol–water partition coefficient (Wildman–Crippen LogP) is 2.36. The van der Waals surface area contributed by atoms with Gasteiger partial charge in [0.15, 0.2) is 0 Å². The minimum atomic E-state index is -0.987. The molecule has 1 saturated heterocycles. The summed E-state index contributed by atoms with van der Waals surface area (Å²) in [5.74, 6) is -0.860. The van der Waals surface area contributed by atoms with Gasteiger partial charge in [0.1, 0.15) is 5.54 Å². The van der Waals surface area contributed by atoms with E-state index in [1.54, 1.807) is 4.90 Å². The number of carbonyl (C=O) groups is 2. The van der Waals surface area contributed by atoms with E-state index in [4.69, 9.17) is 0 Å². The molecule has 0 radical (unpaired) electrons. The van der Waals surface area contributed by atoms with Crippen molar-refractivity contribution in [3.05, 3.63) is 0 Å². The highest BCUT2D eigenvalue weighted by Gasteiger charge is 2.50. The van der Waals surface area contributed by atoms with E-state index in [-0.39, 0.29) is 11.6 Å². The van der Waals surface area contributed by atoms with E-state index in [9.17, 15) is 14.7 Å².